The first-order valence-corrected chi connectivity index (χ1v) is 6.96. The molecule has 0 saturated carbocycles. The summed E-state index contributed by atoms with van der Waals surface area (Å²) in [5.41, 5.74) is 6.43. The van der Waals surface area contributed by atoms with Gasteiger partial charge >= 0.3 is 0 Å². The van der Waals surface area contributed by atoms with Crippen molar-refractivity contribution < 1.29 is 9.47 Å². The van der Waals surface area contributed by atoms with Gasteiger partial charge in [0.1, 0.15) is 10.6 Å². The van der Waals surface area contributed by atoms with Gasteiger partial charge in [0.25, 0.3) is 0 Å². The van der Waals surface area contributed by atoms with Crippen LogP contribution < -0.4 is 5.73 Å². The SMILES string of the molecule is COC1(c2nc(CCCN)cs2)CCOCC1. The molecule has 2 heterocycles. The quantitative estimate of drug-likeness (QED) is 0.871. The van der Waals surface area contributed by atoms with Gasteiger partial charge in [0.05, 0.1) is 5.69 Å². The van der Waals surface area contributed by atoms with Crippen molar-refractivity contribution in [1.29, 1.82) is 0 Å². The largest absolute Gasteiger partial charge is 0.381 e. The van der Waals surface area contributed by atoms with E-state index in [4.69, 9.17) is 20.2 Å². The summed E-state index contributed by atoms with van der Waals surface area (Å²) in [4.78, 5) is 4.70. The van der Waals surface area contributed by atoms with Gasteiger partial charge in [0.15, 0.2) is 0 Å². The third-order valence-electron chi connectivity index (χ3n) is 3.27. The molecule has 4 nitrogen and oxygen atoms in total. The van der Waals surface area contributed by atoms with E-state index in [-0.39, 0.29) is 5.60 Å². The Balaban J connectivity index is 2.10. The summed E-state index contributed by atoms with van der Waals surface area (Å²) in [6, 6.07) is 0. The van der Waals surface area contributed by atoms with Crippen LogP contribution in [-0.2, 0) is 21.5 Å². The lowest BCUT2D eigenvalue weighted by Crippen LogP contribution is -2.35. The number of aryl methyl sites for hydroxylation is 1. The Labute approximate surface area is 106 Å². The molecular formula is C12H20N2O2S. The molecule has 1 fully saturated rings. The van der Waals surface area contributed by atoms with E-state index in [1.807, 2.05) is 0 Å². The van der Waals surface area contributed by atoms with Gasteiger partial charge < -0.3 is 15.2 Å². The van der Waals surface area contributed by atoms with Crippen LogP contribution in [0, 0.1) is 0 Å². The van der Waals surface area contributed by atoms with Crippen LogP contribution in [0.1, 0.15) is 30.0 Å². The maximum absolute atomic E-state index is 5.73. The van der Waals surface area contributed by atoms with Gasteiger partial charge in [-0.2, -0.15) is 0 Å². The van der Waals surface area contributed by atoms with Gasteiger partial charge in [-0.3, -0.25) is 0 Å². The number of nitrogens with zero attached hydrogens (tertiary/aromatic N) is 1. The summed E-state index contributed by atoms with van der Waals surface area (Å²) in [6.07, 6.45) is 3.75. The summed E-state index contributed by atoms with van der Waals surface area (Å²) in [7, 11) is 1.77. The van der Waals surface area contributed by atoms with Crippen molar-refractivity contribution in [2.45, 2.75) is 31.3 Å². The van der Waals surface area contributed by atoms with Crippen LogP contribution in [0.5, 0.6) is 0 Å². The van der Waals surface area contributed by atoms with E-state index in [1.54, 1.807) is 18.4 Å². The fraction of sp³-hybridized carbons (Fsp3) is 0.750. The molecular weight excluding hydrogens is 236 g/mol. The highest BCUT2D eigenvalue weighted by Crippen LogP contribution is 2.37. The summed E-state index contributed by atoms with van der Waals surface area (Å²) < 4.78 is 11.1. The highest BCUT2D eigenvalue weighted by molar-refractivity contribution is 7.09. The zero-order chi connectivity index (χ0) is 12.1. The van der Waals surface area contributed by atoms with E-state index in [0.29, 0.717) is 0 Å². The third kappa shape index (κ3) is 2.85. The van der Waals surface area contributed by atoms with Crippen LogP contribution in [0.25, 0.3) is 0 Å². The predicted octanol–water partition coefficient (Wildman–Crippen LogP) is 1.69. The molecule has 0 amide bonds. The fourth-order valence-electron chi connectivity index (χ4n) is 2.12. The monoisotopic (exact) mass is 256 g/mol. The number of rotatable bonds is 5. The molecule has 1 aromatic heterocycles. The molecule has 1 saturated heterocycles. The third-order valence-corrected chi connectivity index (χ3v) is 4.35. The van der Waals surface area contributed by atoms with Crippen molar-refractivity contribution in [3.63, 3.8) is 0 Å². The molecule has 0 unspecified atom stereocenters. The second-order valence-corrected chi connectivity index (χ2v) is 5.21. The van der Waals surface area contributed by atoms with E-state index in [9.17, 15) is 0 Å². The molecule has 2 N–H and O–H groups in total. The Morgan fingerprint density at radius 2 is 2.29 bits per heavy atom. The van der Waals surface area contributed by atoms with Crippen LogP contribution in [0.4, 0.5) is 0 Å². The van der Waals surface area contributed by atoms with E-state index >= 15 is 0 Å². The number of thiazole rings is 1. The molecule has 1 aromatic rings. The van der Waals surface area contributed by atoms with Crippen molar-refractivity contribution in [2.75, 3.05) is 26.9 Å². The van der Waals surface area contributed by atoms with Gasteiger partial charge in [-0.1, -0.05) is 0 Å². The van der Waals surface area contributed by atoms with Gasteiger partial charge in [-0.05, 0) is 19.4 Å². The van der Waals surface area contributed by atoms with Gasteiger partial charge in [0, 0.05) is 38.5 Å². The van der Waals surface area contributed by atoms with Crippen LogP contribution in [-0.4, -0.2) is 31.9 Å². The maximum atomic E-state index is 5.73. The van der Waals surface area contributed by atoms with E-state index in [2.05, 4.69) is 5.38 Å². The first-order valence-electron chi connectivity index (χ1n) is 6.08. The maximum Gasteiger partial charge on any atom is 0.125 e. The minimum atomic E-state index is -0.218. The van der Waals surface area contributed by atoms with Gasteiger partial charge in [-0.25, -0.2) is 4.98 Å². The number of ether oxygens (including phenoxy) is 2. The number of hydrogen-bond donors (Lipinski definition) is 1. The highest BCUT2D eigenvalue weighted by atomic mass is 32.1. The summed E-state index contributed by atoms with van der Waals surface area (Å²) in [6.45, 7) is 2.23. The number of methoxy groups -OCH3 is 1. The number of hydrogen-bond acceptors (Lipinski definition) is 5. The van der Waals surface area contributed by atoms with Crippen molar-refractivity contribution in [1.82, 2.24) is 4.98 Å². The molecule has 17 heavy (non-hydrogen) atoms. The average molecular weight is 256 g/mol. The zero-order valence-electron chi connectivity index (χ0n) is 10.3. The standard InChI is InChI=1S/C12H20N2O2S/c1-15-12(4-7-16-8-5-12)11-14-10(9-17-11)3-2-6-13/h9H,2-8,13H2,1H3. The summed E-state index contributed by atoms with van der Waals surface area (Å²) >= 11 is 1.70. The predicted molar refractivity (Wildman–Crippen MR) is 68.2 cm³/mol. The molecule has 96 valence electrons. The molecule has 0 spiro atoms. The van der Waals surface area contributed by atoms with Gasteiger partial charge in [0.2, 0.25) is 0 Å². The van der Waals surface area contributed by atoms with Crippen LogP contribution in [0.3, 0.4) is 0 Å². The Morgan fingerprint density at radius 3 is 2.94 bits per heavy atom. The summed E-state index contributed by atoms with van der Waals surface area (Å²) in [5.74, 6) is 0. The molecule has 0 atom stereocenters. The fourth-order valence-corrected chi connectivity index (χ4v) is 3.21. The van der Waals surface area contributed by atoms with Crippen molar-refractivity contribution in [2.24, 2.45) is 5.73 Å². The average Bonchev–Trinajstić information content (AvgIpc) is 2.86. The molecule has 0 bridgehead atoms. The smallest absolute Gasteiger partial charge is 0.125 e. The van der Waals surface area contributed by atoms with Crippen molar-refractivity contribution >= 4 is 11.3 Å². The Kier molecular flexibility index (Phi) is 4.50. The Bertz CT molecular complexity index is 348. The molecule has 0 aliphatic carbocycles. The number of nitrogens with two attached hydrogens (primary N) is 1. The van der Waals surface area contributed by atoms with Crippen LogP contribution in [0.2, 0.25) is 0 Å². The highest BCUT2D eigenvalue weighted by Gasteiger charge is 2.37. The lowest BCUT2D eigenvalue weighted by molar-refractivity contribution is -0.0948. The normalized spacial score (nSPS) is 19.4. The lowest BCUT2D eigenvalue weighted by Gasteiger charge is -2.33. The molecule has 2 rings (SSSR count). The van der Waals surface area contributed by atoms with Crippen molar-refractivity contribution in [3.05, 3.63) is 16.1 Å². The minimum absolute atomic E-state index is 0.218. The first-order chi connectivity index (χ1) is 8.30. The van der Waals surface area contributed by atoms with Gasteiger partial charge in [-0.15, -0.1) is 11.3 Å². The molecule has 0 radical (unpaired) electrons. The second-order valence-electron chi connectivity index (χ2n) is 4.35. The first kappa shape index (κ1) is 13.0. The Morgan fingerprint density at radius 1 is 1.53 bits per heavy atom. The molecule has 0 aromatic carbocycles. The van der Waals surface area contributed by atoms with Crippen LogP contribution >= 0.6 is 11.3 Å². The summed E-state index contributed by atoms with van der Waals surface area (Å²) in [5, 5.41) is 3.22. The zero-order valence-corrected chi connectivity index (χ0v) is 11.1. The van der Waals surface area contributed by atoms with Crippen LogP contribution in [0.15, 0.2) is 5.38 Å². The lowest BCUT2D eigenvalue weighted by atomic mass is 9.95. The molecule has 1 aliphatic heterocycles. The minimum Gasteiger partial charge on any atom is -0.381 e. The Hall–Kier alpha value is -0.490. The molecule has 1 aliphatic rings. The van der Waals surface area contributed by atoms with E-state index in [1.165, 1.54) is 0 Å². The number of aromatic nitrogens is 1. The van der Waals surface area contributed by atoms with E-state index < -0.39 is 0 Å². The van der Waals surface area contributed by atoms with E-state index in [0.717, 1.165) is 56.1 Å². The second kappa shape index (κ2) is 5.91. The van der Waals surface area contributed by atoms with Crippen molar-refractivity contribution in [3.8, 4) is 0 Å². The molecule has 5 heteroatoms. The topological polar surface area (TPSA) is 57.4 Å².